The molecule has 5 heteroatoms. The van der Waals surface area contributed by atoms with E-state index in [0.29, 0.717) is 13.0 Å². The molecular weight excluding hydrogens is 294 g/mol. The van der Waals surface area contributed by atoms with Gasteiger partial charge in [-0.3, -0.25) is 4.90 Å². The lowest BCUT2D eigenvalue weighted by atomic mass is 9.70. The first-order valence-corrected chi connectivity index (χ1v) is 9.53. The van der Waals surface area contributed by atoms with Crippen molar-refractivity contribution in [3.05, 3.63) is 0 Å². The SMILES string of the molecule is CCCCCCOC1C(O)C(O)C2(O)CC1N2CCCCCC. The molecule has 5 atom stereocenters. The summed E-state index contributed by atoms with van der Waals surface area (Å²) in [5, 5.41) is 31.2. The average Bonchev–Trinajstić information content (AvgIpc) is 2.53. The van der Waals surface area contributed by atoms with E-state index >= 15 is 0 Å². The van der Waals surface area contributed by atoms with Crippen molar-refractivity contribution in [1.82, 2.24) is 4.90 Å². The van der Waals surface area contributed by atoms with Crippen LogP contribution in [0.2, 0.25) is 0 Å². The van der Waals surface area contributed by atoms with Gasteiger partial charge in [0.05, 0.1) is 0 Å². The number of hydrogen-bond donors (Lipinski definition) is 3. The predicted molar refractivity (Wildman–Crippen MR) is 90.1 cm³/mol. The van der Waals surface area contributed by atoms with Crippen molar-refractivity contribution in [3.8, 4) is 0 Å². The second-order valence-electron chi connectivity index (χ2n) is 7.24. The molecule has 2 saturated heterocycles. The van der Waals surface area contributed by atoms with Crippen LogP contribution < -0.4 is 0 Å². The lowest BCUT2D eigenvalue weighted by Crippen LogP contribution is -2.83. The fourth-order valence-corrected chi connectivity index (χ4v) is 4.00. The zero-order chi connectivity index (χ0) is 16.9. The van der Waals surface area contributed by atoms with Crippen molar-refractivity contribution in [2.45, 2.75) is 102 Å². The average molecular weight is 329 g/mol. The highest BCUT2D eigenvalue weighted by atomic mass is 16.5. The minimum Gasteiger partial charge on any atom is -0.387 e. The topological polar surface area (TPSA) is 73.2 Å². The molecule has 0 aromatic carbocycles. The van der Waals surface area contributed by atoms with E-state index in [1.165, 1.54) is 25.7 Å². The summed E-state index contributed by atoms with van der Waals surface area (Å²) >= 11 is 0. The number of nitrogens with zero attached hydrogens (tertiary/aromatic N) is 1. The second-order valence-corrected chi connectivity index (χ2v) is 7.24. The molecule has 5 nitrogen and oxygen atoms in total. The van der Waals surface area contributed by atoms with Crippen molar-refractivity contribution in [2.24, 2.45) is 0 Å². The van der Waals surface area contributed by atoms with E-state index in [0.717, 1.165) is 32.2 Å². The van der Waals surface area contributed by atoms with Gasteiger partial charge in [0.1, 0.15) is 24.0 Å². The van der Waals surface area contributed by atoms with Gasteiger partial charge in [-0.25, -0.2) is 0 Å². The predicted octanol–water partition coefficient (Wildman–Crippen LogP) is 2.03. The molecule has 23 heavy (non-hydrogen) atoms. The third-order valence-corrected chi connectivity index (χ3v) is 5.48. The standard InChI is InChI=1S/C18H35NO4/c1-3-5-7-9-11-19-14-13-18(19,22)17(21)15(20)16(14)23-12-10-8-6-4-2/h14-17,20-22H,3-13H2,1-2H3. The first kappa shape index (κ1) is 19.1. The van der Waals surface area contributed by atoms with Crippen LogP contribution in [-0.4, -0.2) is 63.4 Å². The zero-order valence-corrected chi connectivity index (χ0v) is 14.8. The molecule has 3 rings (SSSR count). The fourth-order valence-electron chi connectivity index (χ4n) is 4.00. The van der Waals surface area contributed by atoms with Crippen molar-refractivity contribution >= 4 is 0 Å². The molecule has 0 radical (unpaired) electrons. The van der Waals surface area contributed by atoms with E-state index in [4.69, 9.17) is 4.74 Å². The van der Waals surface area contributed by atoms with E-state index in [9.17, 15) is 15.3 Å². The smallest absolute Gasteiger partial charge is 0.149 e. The number of hydrogen-bond acceptors (Lipinski definition) is 5. The summed E-state index contributed by atoms with van der Waals surface area (Å²) in [4.78, 5) is 1.96. The maximum atomic E-state index is 10.6. The van der Waals surface area contributed by atoms with E-state index in [1.54, 1.807) is 0 Å². The molecule has 2 heterocycles. The molecular formula is C18H35NO4. The lowest BCUT2D eigenvalue weighted by Gasteiger charge is -2.64. The van der Waals surface area contributed by atoms with Gasteiger partial charge in [0.15, 0.2) is 0 Å². The normalized spacial score (nSPS) is 36.9. The number of rotatable bonds is 11. The molecule has 2 bridgehead atoms. The molecule has 3 fully saturated rings. The highest BCUT2D eigenvalue weighted by Crippen LogP contribution is 2.47. The highest BCUT2D eigenvalue weighted by molar-refractivity contribution is 5.15. The molecule has 0 spiro atoms. The van der Waals surface area contributed by atoms with Gasteiger partial charge in [-0.1, -0.05) is 52.4 Å². The minimum absolute atomic E-state index is 0.0335. The van der Waals surface area contributed by atoms with E-state index in [1.807, 2.05) is 4.90 Å². The van der Waals surface area contributed by atoms with Gasteiger partial charge in [0.2, 0.25) is 0 Å². The highest BCUT2D eigenvalue weighted by Gasteiger charge is 2.65. The van der Waals surface area contributed by atoms with Crippen molar-refractivity contribution in [3.63, 3.8) is 0 Å². The Balaban J connectivity index is 1.84. The molecule has 1 saturated carbocycles. The fraction of sp³-hybridized carbons (Fsp3) is 1.00. The minimum atomic E-state index is -1.25. The van der Waals surface area contributed by atoms with Gasteiger partial charge in [-0.2, -0.15) is 0 Å². The van der Waals surface area contributed by atoms with E-state index in [2.05, 4.69) is 13.8 Å². The van der Waals surface area contributed by atoms with Gasteiger partial charge in [0.25, 0.3) is 0 Å². The summed E-state index contributed by atoms with van der Waals surface area (Å²) in [7, 11) is 0. The van der Waals surface area contributed by atoms with Gasteiger partial charge in [-0.15, -0.1) is 0 Å². The second kappa shape index (κ2) is 8.77. The van der Waals surface area contributed by atoms with Crippen LogP contribution in [0, 0.1) is 0 Å². The number of aliphatic hydroxyl groups excluding tert-OH is 2. The maximum Gasteiger partial charge on any atom is 0.149 e. The van der Waals surface area contributed by atoms with Crippen LogP contribution in [0.5, 0.6) is 0 Å². The molecule has 3 aliphatic rings. The van der Waals surface area contributed by atoms with Crippen LogP contribution in [-0.2, 0) is 4.74 Å². The van der Waals surface area contributed by atoms with E-state index in [-0.39, 0.29) is 12.1 Å². The molecule has 1 aliphatic carbocycles. The molecule has 2 aliphatic heterocycles. The maximum absolute atomic E-state index is 10.6. The van der Waals surface area contributed by atoms with Crippen LogP contribution in [0.1, 0.15) is 71.6 Å². The van der Waals surface area contributed by atoms with Crippen LogP contribution in [0.3, 0.4) is 0 Å². The van der Waals surface area contributed by atoms with Gasteiger partial charge >= 0.3 is 0 Å². The number of aliphatic hydroxyl groups is 3. The Morgan fingerprint density at radius 2 is 1.65 bits per heavy atom. The Labute approximate surface area is 140 Å². The summed E-state index contributed by atoms with van der Waals surface area (Å²) in [5.74, 6) is 0. The van der Waals surface area contributed by atoms with Gasteiger partial charge in [0, 0.05) is 25.6 Å². The summed E-state index contributed by atoms with van der Waals surface area (Å²) in [6.45, 7) is 5.73. The molecule has 0 aromatic rings. The Hall–Kier alpha value is -0.200. The molecule has 0 amide bonds. The van der Waals surface area contributed by atoms with Crippen molar-refractivity contribution in [2.75, 3.05) is 13.2 Å². The summed E-state index contributed by atoms with van der Waals surface area (Å²) in [6.07, 6.45) is 7.02. The Bertz CT molecular complexity index is 354. The molecule has 136 valence electrons. The van der Waals surface area contributed by atoms with Crippen molar-refractivity contribution < 1.29 is 20.1 Å². The Morgan fingerprint density at radius 3 is 2.30 bits per heavy atom. The van der Waals surface area contributed by atoms with Crippen LogP contribution >= 0.6 is 0 Å². The van der Waals surface area contributed by atoms with Gasteiger partial charge in [-0.05, 0) is 12.8 Å². The number of fused-ring (bicyclic) bond motifs is 2. The third kappa shape index (κ3) is 4.07. The monoisotopic (exact) mass is 329 g/mol. The first-order chi connectivity index (χ1) is 11.1. The third-order valence-electron chi connectivity index (χ3n) is 5.48. The van der Waals surface area contributed by atoms with Crippen LogP contribution in [0.15, 0.2) is 0 Å². The number of unbranched alkanes of at least 4 members (excludes halogenated alkanes) is 6. The number of ether oxygens (including phenoxy) is 1. The van der Waals surface area contributed by atoms with Gasteiger partial charge < -0.3 is 20.1 Å². The summed E-state index contributed by atoms with van der Waals surface area (Å²) in [5.41, 5.74) is -1.25. The quantitative estimate of drug-likeness (QED) is 0.506. The lowest BCUT2D eigenvalue weighted by molar-refractivity contribution is -0.349. The molecule has 0 aromatic heterocycles. The first-order valence-electron chi connectivity index (χ1n) is 9.53. The van der Waals surface area contributed by atoms with E-state index < -0.39 is 17.9 Å². The molecule has 5 unspecified atom stereocenters. The Morgan fingerprint density at radius 1 is 1.00 bits per heavy atom. The Kier molecular flexibility index (Phi) is 7.29. The molecule has 3 N–H and O–H groups in total. The summed E-state index contributed by atoms with van der Waals surface area (Å²) < 4.78 is 5.90. The summed E-state index contributed by atoms with van der Waals surface area (Å²) in [6, 6.07) is 0.0335. The largest absolute Gasteiger partial charge is 0.387 e. The van der Waals surface area contributed by atoms with Crippen LogP contribution in [0.4, 0.5) is 0 Å². The zero-order valence-electron chi connectivity index (χ0n) is 14.8. The number of piperidine rings is 1. The van der Waals surface area contributed by atoms with Crippen molar-refractivity contribution in [1.29, 1.82) is 0 Å². The van der Waals surface area contributed by atoms with Crippen LogP contribution in [0.25, 0.3) is 0 Å².